The Morgan fingerprint density at radius 1 is 0.559 bits per heavy atom. The number of benzene rings is 5. The smallest absolute Gasteiger partial charge is 0.423 e. The number of carbonyl (C=O) groups is 2. The van der Waals surface area contributed by atoms with Gasteiger partial charge < -0.3 is 25.4 Å². The van der Waals surface area contributed by atoms with Crippen LogP contribution in [0, 0.1) is 0 Å². The lowest BCUT2D eigenvalue weighted by atomic mass is 9.77. The third kappa shape index (κ3) is 12.5. The maximum absolute atomic E-state index is 12.6. The first-order valence-electron chi connectivity index (χ1n) is 23.2. The molecule has 0 spiro atoms. The predicted molar refractivity (Wildman–Crippen MR) is 275 cm³/mol. The second-order valence-corrected chi connectivity index (χ2v) is 17.5. The second-order valence-electron chi connectivity index (χ2n) is 17.5. The molecule has 5 aromatic carbocycles. The van der Waals surface area contributed by atoms with Crippen molar-refractivity contribution in [3.05, 3.63) is 180 Å². The Morgan fingerprint density at radius 3 is 1.69 bits per heavy atom. The van der Waals surface area contributed by atoms with Crippen LogP contribution in [-0.4, -0.2) is 85.4 Å². The SMILES string of the molecule is C=C(C)C(=O)CCCCN(Cc1ccccc1B(O)O)Cc1c2ccccc2c(CN(CCCNC(=O)C(=C)C)Cc2ccccc2B(O)O)c2ccc(-c3ccnc(-c4ccccn4)c3)cc12. The van der Waals surface area contributed by atoms with Crippen molar-refractivity contribution >= 4 is 58.4 Å². The number of Topliss-reactive ketones (excluding diaryl/α,β-unsaturated/α-hetero) is 1. The number of nitrogens with zero attached hydrogens (tertiary/aromatic N) is 4. The van der Waals surface area contributed by atoms with Crippen LogP contribution in [0.15, 0.2) is 158 Å². The molecule has 0 saturated heterocycles. The molecule has 1 amide bonds. The molecule has 13 heteroatoms. The third-order valence-electron chi connectivity index (χ3n) is 12.4. The first kappa shape index (κ1) is 49.3. The van der Waals surface area contributed by atoms with Gasteiger partial charge in [-0.05, 0) is 141 Å². The molecule has 5 N–H and O–H groups in total. The molecule has 0 bridgehead atoms. The lowest BCUT2D eigenvalue weighted by molar-refractivity contribution is -0.117. The monoisotopic (exact) mass is 907 g/mol. The van der Waals surface area contributed by atoms with Gasteiger partial charge in [0.15, 0.2) is 5.78 Å². The van der Waals surface area contributed by atoms with Gasteiger partial charge in [0, 0.05) is 63.7 Å². The number of hydrogen-bond donors (Lipinski definition) is 5. The highest BCUT2D eigenvalue weighted by Gasteiger charge is 2.23. The Bertz CT molecular complexity index is 2910. The van der Waals surface area contributed by atoms with Crippen LogP contribution in [0.3, 0.4) is 0 Å². The summed E-state index contributed by atoms with van der Waals surface area (Å²) in [5.74, 6) is -0.144. The summed E-state index contributed by atoms with van der Waals surface area (Å²) in [6.45, 7) is 14.6. The first-order chi connectivity index (χ1) is 32.9. The number of nitrogens with one attached hydrogen (secondary N) is 1. The summed E-state index contributed by atoms with van der Waals surface area (Å²) in [7, 11) is -3.28. The van der Waals surface area contributed by atoms with Gasteiger partial charge in [0.1, 0.15) is 0 Å². The van der Waals surface area contributed by atoms with Gasteiger partial charge in [0.05, 0.1) is 11.4 Å². The quantitative estimate of drug-likeness (QED) is 0.0198. The fraction of sp³-hybridized carbons (Fsp3) is 0.236. The minimum atomic E-state index is -1.64. The zero-order valence-electron chi connectivity index (χ0n) is 38.9. The standard InChI is InChI=1S/C55H59B2N5O6/c1-38(2)54(63)23-12-14-30-61(34-42-16-5-9-20-50(42)56(65)66)37-49-45-19-8-7-18-44(45)48(36-62(31-15-28-60-55(64)39(3)4)35-43-17-6-10-21-51(43)57(67)68)46-25-24-40(32-47(46)49)41-26-29-59-53(33-41)52-22-11-13-27-58-52/h5-11,13,16-22,24-27,29,32-33,65-68H,1,3,12,14-15,23,28,30-31,34-37H2,2,4H3,(H,60,64). The second kappa shape index (κ2) is 23.4. The highest BCUT2D eigenvalue weighted by molar-refractivity contribution is 6.59. The van der Waals surface area contributed by atoms with Crippen molar-refractivity contribution in [2.45, 2.75) is 65.7 Å². The molecule has 68 heavy (non-hydrogen) atoms. The molecule has 11 nitrogen and oxygen atoms in total. The molecule has 7 aromatic rings. The van der Waals surface area contributed by atoms with E-state index < -0.39 is 14.2 Å². The Hall–Kier alpha value is -6.57. The van der Waals surface area contributed by atoms with Crippen molar-refractivity contribution in [1.82, 2.24) is 25.1 Å². The fourth-order valence-corrected chi connectivity index (χ4v) is 8.85. The maximum atomic E-state index is 12.6. The number of fused-ring (bicyclic) bond motifs is 2. The summed E-state index contributed by atoms with van der Waals surface area (Å²) in [6.07, 6.45) is 6.03. The van der Waals surface area contributed by atoms with Gasteiger partial charge in [-0.15, -0.1) is 0 Å². The van der Waals surface area contributed by atoms with Crippen molar-refractivity contribution in [3.63, 3.8) is 0 Å². The average molecular weight is 908 g/mol. The Labute approximate surface area is 399 Å². The van der Waals surface area contributed by atoms with Gasteiger partial charge in [-0.1, -0.05) is 104 Å². The Morgan fingerprint density at radius 2 is 1.10 bits per heavy atom. The average Bonchev–Trinajstić information content (AvgIpc) is 3.35. The van der Waals surface area contributed by atoms with Crippen LogP contribution in [0.1, 0.15) is 61.8 Å². The molecule has 0 aliphatic heterocycles. The van der Waals surface area contributed by atoms with E-state index in [9.17, 15) is 29.7 Å². The fourth-order valence-electron chi connectivity index (χ4n) is 8.85. The minimum Gasteiger partial charge on any atom is -0.423 e. The molecule has 0 saturated carbocycles. The highest BCUT2D eigenvalue weighted by Crippen LogP contribution is 2.38. The van der Waals surface area contributed by atoms with Crippen LogP contribution in [0.4, 0.5) is 0 Å². The van der Waals surface area contributed by atoms with Crippen LogP contribution in [0.5, 0.6) is 0 Å². The lowest BCUT2D eigenvalue weighted by Crippen LogP contribution is -2.36. The van der Waals surface area contributed by atoms with E-state index >= 15 is 0 Å². The van der Waals surface area contributed by atoms with Crippen molar-refractivity contribution in [3.8, 4) is 22.5 Å². The van der Waals surface area contributed by atoms with E-state index in [1.54, 1.807) is 44.3 Å². The topological polar surface area (TPSA) is 159 Å². The van der Waals surface area contributed by atoms with Gasteiger partial charge in [-0.2, -0.15) is 0 Å². The number of ketones is 1. The van der Waals surface area contributed by atoms with E-state index in [-0.39, 0.29) is 11.7 Å². The molecule has 0 fully saturated rings. The zero-order chi connectivity index (χ0) is 48.2. The van der Waals surface area contributed by atoms with E-state index in [0.717, 1.165) is 72.7 Å². The summed E-state index contributed by atoms with van der Waals surface area (Å²) < 4.78 is 0. The van der Waals surface area contributed by atoms with E-state index in [1.807, 2.05) is 54.7 Å². The minimum absolute atomic E-state index is 0.0504. The lowest BCUT2D eigenvalue weighted by Gasteiger charge is -2.28. The number of aromatic nitrogens is 2. The number of allylic oxidation sites excluding steroid dienone is 1. The van der Waals surface area contributed by atoms with Gasteiger partial charge in [0.2, 0.25) is 5.91 Å². The largest absolute Gasteiger partial charge is 0.488 e. The molecular formula is C55H59B2N5O6. The predicted octanol–water partition coefficient (Wildman–Crippen LogP) is 6.88. The number of pyridine rings is 2. The number of unbranched alkanes of at least 4 members (excludes halogenated alkanes) is 1. The normalized spacial score (nSPS) is 11.4. The third-order valence-corrected chi connectivity index (χ3v) is 12.4. The number of rotatable bonds is 23. The molecule has 0 radical (unpaired) electrons. The van der Waals surface area contributed by atoms with Crippen LogP contribution in [-0.2, 0) is 35.8 Å². The van der Waals surface area contributed by atoms with Gasteiger partial charge in [-0.25, -0.2) is 0 Å². The molecule has 0 unspecified atom stereocenters. The van der Waals surface area contributed by atoms with Gasteiger partial charge in [-0.3, -0.25) is 29.4 Å². The molecular weight excluding hydrogens is 848 g/mol. The van der Waals surface area contributed by atoms with Crippen molar-refractivity contribution in [1.29, 1.82) is 0 Å². The first-order valence-corrected chi connectivity index (χ1v) is 23.2. The number of carbonyl (C=O) groups excluding carboxylic acids is 2. The van der Waals surface area contributed by atoms with Gasteiger partial charge >= 0.3 is 14.2 Å². The summed E-state index contributed by atoms with van der Waals surface area (Å²) in [6, 6.07) is 39.6. The van der Waals surface area contributed by atoms with Crippen molar-refractivity contribution in [2.24, 2.45) is 0 Å². The molecule has 2 heterocycles. The molecule has 0 aliphatic rings. The van der Waals surface area contributed by atoms with E-state index in [1.165, 1.54) is 0 Å². The van der Waals surface area contributed by atoms with Crippen LogP contribution < -0.4 is 16.2 Å². The van der Waals surface area contributed by atoms with Gasteiger partial charge in [0.25, 0.3) is 0 Å². The molecule has 0 atom stereocenters. The van der Waals surface area contributed by atoms with E-state index in [4.69, 9.17) is 0 Å². The van der Waals surface area contributed by atoms with E-state index in [2.05, 4.69) is 86.8 Å². The zero-order valence-corrected chi connectivity index (χ0v) is 38.9. The number of hydrogen-bond acceptors (Lipinski definition) is 10. The summed E-state index contributed by atoms with van der Waals surface area (Å²) in [4.78, 5) is 38.9. The maximum Gasteiger partial charge on any atom is 0.488 e. The van der Waals surface area contributed by atoms with Crippen molar-refractivity contribution in [2.75, 3.05) is 19.6 Å². The van der Waals surface area contributed by atoms with Crippen LogP contribution >= 0.6 is 0 Å². The highest BCUT2D eigenvalue weighted by atomic mass is 16.4. The molecule has 346 valence electrons. The van der Waals surface area contributed by atoms with E-state index in [0.29, 0.717) is 87.1 Å². The summed E-state index contributed by atoms with van der Waals surface area (Å²) in [5.41, 5.74) is 9.15. The van der Waals surface area contributed by atoms with Crippen LogP contribution in [0.2, 0.25) is 0 Å². The van der Waals surface area contributed by atoms with Crippen molar-refractivity contribution < 1.29 is 29.7 Å². The Balaban J connectivity index is 1.37. The molecule has 7 rings (SSSR count). The summed E-state index contributed by atoms with van der Waals surface area (Å²) >= 11 is 0. The Kier molecular flexibility index (Phi) is 17.0. The number of amides is 1. The molecule has 2 aromatic heterocycles. The van der Waals surface area contributed by atoms with Crippen LogP contribution in [0.25, 0.3) is 44.1 Å². The molecule has 0 aliphatic carbocycles. The summed E-state index contributed by atoms with van der Waals surface area (Å²) in [5, 5.41) is 48.9.